The van der Waals surface area contributed by atoms with Gasteiger partial charge >= 0.3 is 0 Å². The first-order valence-corrected chi connectivity index (χ1v) is 7.14. The van der Waals surface area contributed by atoms with E-state index >= 15 is 0 Å². The van der Waals surface area contributed by atoms with Gasteiger partial charge in [-0.05, 0) is 6.92 Å². The zero-order valence-electron chi connectivity index (χ0n) is 10.2. The highest BCUT2D eigenvalue weighted by Crippen LogP contribution is 2.13. The number of carbonyl (C=O) groups is 2. The number of rotatable bonds is 5. The van der Waals surface area contributed by atoms with Crippen molar-refractivity contribution in [1.29, 1.82) is 0 Å². The molecule has 0 radical (unpaired) electrons. The number of thiazole rings is 2. The van der Waals surface area contributed by atoms with Crippen LogP contribution in [0.1, 0.15) is 29.4 Å². The summed E-state index contributed by atoms with van der Waals surface area (Å²) >= 11 is 2.60. The molecular formula is C11H12N4O2S2. The van der Waals surface area contributed by atoms with Crippen molar-refractivity contribution >= 4 is 34.5 Å². The standard InChI is InChI=1S/C11H12N4O2S2/c1-6-4-14-11(18-6)9(17)13-3-2-7-5-15-10(19-7)8(12)16/h4-5H,2-3H2,1H3,(H2,12,16)(H,13,17). The zero-order chi connectivity index (χ0) is 13.8. The molecule has 0 bridgehead atoms. The van der Waals surface area contributed by atoms with E-state index in [0.717, 1.165) is 9.75 Å². The van der Waals surface area contributed by atoms with E-state index in [1.165, 1.54) is 22.7 Å². The molecule has 0 spiro atoms. The van der Waals surface area contributed by atoms with Gasteiger partial charge in [-0.2, -0.15) is 0 Å². The van der Waals surface area contributed by atoms with Gasteiger partial charge in [0.25, 0.3) is 11.8 Å². The van der Waals surface area contributed by atoms with Crippen LogP contribution in [0.25, 0.3) is 0 Å². The predicted molar refractivity (Wildman–Crippen MR) is 73.5 cm³/mol. The number of hydrogen-bond donors (Lipinski definition) is 2. The molecule has 19 heavy (non-hydrogen) atoms. The van der Waals surface area contributed by atoms with Crippen LogP contribution in [0, 0.1) is 6.92 Å². The quantitative estimate of drug-likeness (QED) is 0.859. The zero-order valence-corrected chi connectivity index (χ0v) is 11.8. The number of aromatic nitrogens is 2. The fraction of sp³-hybridized carbons (Fsp3) is 0.273. The fourth-order valence-electron chi connectivity index (χ4n) is 1.37. The topological polar surface area (TPSA) is 98.0 Å². The van der Waals surface area contributed by atoms with Gasteiger partial charge in [0.15, 0.2) is 10.0 Å². The van der Waals surface area contributed by atoms with E-state index in [-0.39, 0.29) is 10.9 Å². The maximum Gasteiger partial charge on any atom is 0.280 e. The number of primary amides is 1. The van der Waals surface area contributed by atoms with Crippen molar-refractivity contribution in [3.63, 3.8) is 0 Å². The van der Waals surface area contributed by atoms with Crippen LogP contribution in [0.15, 0.2) is 12.4 Å². The van der Waals surface area contributed by atoms with Crippen LogP contribution in [-0.2, 0) is 6.42 Å². The highest BCUT2D eigenvalue weighted by Gasteiger charge is 2.10. The van der Waals surface area contributed by atoms with Gasteiger partial charge in [0.2, 0.25) is 0 Å². The molecule has 0 aromatic carbocycles. The normalized spacial score (nSPS) is 10.4. The van der Waals surface area contributed by atoms with E-state index in [1.807, 2.05) is 6.92 Å². The lowest BCUT2D eigenvalue weighted by Gasteiger charge is -2.00. The van der Waals surface area contributed by atoms with Gasteiger partial charge in [-0.15, -0.1) is 22.7 Å². The van der Waals surface area contributed by atoms with E-state index < -0.39 is 5.91 Å². The van der Waals surface area contributed by atoms with Crippen molar-refractivity contribution in [2.24, 2.45) is 5.73 Å². The Morgan fingerprint density at radius 3 is 2.58 bits per heavy atom. The van der Waals surface area contributed by atoms with Crippen LogP contribution in [0.2, 0.25) is 0 Å². The number of nitrogens with one attached hydrogen (secondary N) is 1. The van der Waals surface area contributed by atoms with E-state index in [4.69, 9.17) is 5.73 Å². The highest BCUT2D eigenvalue weighted by atomic mass is 32.1. The smallest absolute Gasteiger partial charge is 0.280 e. The minimum atomic E-state index is -0.529. The van der Waals surface area contributed by atoms with Crippen LogP contribution in [0.5, 0.6) is 0 Å². The Balaban J connectivity index is 1.83. The van der Waals surface area contributed by atoms with Crippen molar-refractivity contribution in [1.82, 2.24) is 15.3 Å². The minimum Gasteiger partial charge on any atom is -0.364 e. The first-order valence-electron chi connectivity index (χ1n) is 5.51. The maximum absolute atomic E-state index is 11.7. The van der Waals surface area contributed by atoms with Crippen molar-refractivity contribution in [2.45, 2.75) is 13.3 Å². The van der Waals surface area contributed by atoms with Crippen molar-refractivity contribution < 1.29 is 9.59 Å². The second-order valence-corrected chi connectivity index (χ2v) is 6.13. The Bertz CT molecular complexity index is 605. The fourth-order valence-corrected chi connectivity index (χ4v) is 2.82. The second kappa shape index (κ2) is 5.89. The molecule has 8 heteroatoms. The molecule has 6 nitrogen and oxygen atoms in total. The van der Waals surface area contributed by atoms with Crippen LogP contribution in [-0.4, -0.2) is 28.3 Å². The Labute approximate surface area is 117 Å². The molecule has 0 saturated heterocycles. The summed E-state index contributed by atoms with van der Waals surface area (Å²) in [5.74, 6) is -0.712. The van der Waals surface area contributed by atoms with Crippen LogP contribution >= 0.6 is 22.7 Å². The molecule has 0 saturated carbocycles. The number of carbonyl (C=O) groups excluding carboxylic acids is 2. The molecule has 0 aliphatic rings. The van der Waals surface area contributed by atoms with Gasteiger partial charge in [-0.3, -0.25) is 9.59 Å². The molecule has 0 aliphatic carbocycles. The largest absolute Gasteiger partial charge is 0.364 e. The van der Waals surface area contributed by atoms with Crippen LogP contribution in [0.3, 0.4) is 0 Å². The molecule has 0 atom stereocenters. The monoisotopic (exact) mass is 296 g/mol. The lowest BCUT2D eigenvalue weighted by molar-refractivity contribution is 0.0952. The summed E-state index contributed by atoms with van der Waals surface area (Å²) in [6.45, 7) is 2.37. The molecule has 2 aromatic rings. The van der Waals surface area contributed by atoms with Gasteiger partial charge in [-0.1, -0.05) is 0 Å². The number of amides is 2. The van der Waals surface area contributed by atoms with E-state index in [1.54, 1.807) is 12.4 Å². The van der Waals surface area contributed by atoms with E-state index in [9.17, 15) is 9.59 Å². The summed E-state index contributed by atoms with van der Waals surface area (Å²) in [7, 11) is 0. The molecule has 100 valence electrons. The third-order valence-electron chi connectivity index (χ3n) is 2.24. The Hall–Kier alpha value is -1.80. The highest BCUT2D eigenvalue weighted by molar-refractivity contribution is 7.13. The summed E-state index contributed by atoms with van der Waals surface area (Å²) in [6, 6.07) is 0. The van der Waals surface area contributed by atoms with Gasteiger partial charge in [0.05, 0.1) is 0 Å². The average molecular weight is 296 g/mol. The number of nitrogens with two attached hydrogens (primary N) is 1. The van der Waals surface area contributed by atoms with Gasteiger partial charge in [-0.25, -0.2) is 9.97 Å². The molecule has 2 amide bonds. The summed E-state index contributed by atoms with van der Waals surface area (Å²) in [5.41, 5.74) is 5.11. The minimum absolute atomic E-state index is 0.183. The Morgan fingerprint density at radius 1 is 1.26 bits per heavy atom. The maximum atomic E-state index is 11.7. The first-order chi connectivity index (χ1) is 9.06. The first kappa shape index (κ1) is 13.6. The number of hydrogen-bond acceptors (Lipinski definition) is 6. The summed E-state index contributed by atoms with van der Waals surface area (Å²) in [6.07, 6.45) is 3.88. The van der Waals surface area contributed by atoms with Crippen LogP contribution in [0.4, 0.5) is 0 Å². The second-order valence-electron chi connectivity index (χ2n) is 3.78. The lowest BCUT2D eigenvalue weighted by Crippen LogP contribution is -2.25. The van der Waals surface area contributed by atoms with Crippen molar-refractivity contribution in [3.05, 3.63) is 32.2 Å². The molecule has 2 aromatic heterocycles. The Morgan fingerprint density at radius 2 is 2.00 bits per heavy atom. The van der Waals surface area contributed by atoms with E-state index in [0.29, 0.717) is 18.0 Å². The lowest BCUT2D eigenvalue weighted by atomic mass is 10.4. The predicted octanol–water partition coefficient (Wildman–Crippen LogP) is 0.979. The number of aryl methyl sites for hydroxylation is 1. The van der Waals surface area contributed by atoms with Gasteiger partial charge in [0, 0.05) is 35.1 Å². The number of nitrogens with zero attached hydrogens (tertiary/aromatic N) is 2. The van der Waals surface area contributed by atoms with Crippen molar-refractivity contribution in [3.8, 4) is 0 Å². The SMILES string of the molecule is Cc1cnc(C(=O)NCCc2cnc(C(N)=O)s2)s1. The molecular weight excluding hydrogens is 284 g/mol. The third kappa shape index (κ3) is 3.58. The Kier molecular flexibility index (Phi) is 4.23. The van der Waals surface area contributed by atoms with Crippen molar-refractivity contribution in [2.75, 3.05) is 6.54 Å². The molecule has 2 heterocycles. The summed E-state index contributed by atoms with van der Waals surface area (Å²) in [4.78, 5) is 32.4. The third-order valence-corrected chi connectivity index (χ3v) is 4.22. The summed E-state index contributed by atoms with van der Waals surface area (Å²) < 4.78 is 0. The molecule has 0 fully saturated rings. The van der Waals surface area contributed by atoms with Gasteiger partial charge in [0.1, 0.15) is 0 Å². The summed E-state index contributed by atoms with van der Waals surface area (Å²) in [5, 5.41) is 3.52. The van der Waals surface area contributed by atoms with E-state index in [2.05, 4.69) is 15.3 Å². The molecule has 2 rings (SSSR count). The molecule has 0 aliphatic heterocycles. The van der Waals surface area contributed by atoms with Crippen LogP contribution < -0.4 is 11.1 Å². The van der Waals surface area contributed by atoms with Gasteiger partial charge < -0.3 is 11.1 Å². The average Bonchev–Trinajstić information content (AvgIpc) is 2.98. The molecule has 0 unspecified atom stereocenters. The molecule has 3 N–H and O–H groups in total.